The molecule has 0 saturated carbocycles. The summed E-state index contributed by atoms with van der Waals surface area (Å²) in [5.41, 5.74) is 7.66. The van der Waals surface area contributed by atoms with Crippen molar-refractivity contribution in [3.63, 3.8) is 0 Å². The van der Waals surface area contributed by atoms with Crippen molar-refractivity contribution in [2.45, 2.75) is 6.54 Å². The first-order chi connectivity index (χ1) is 6.75. The van der Waals surface area contributed by atoms with Gasteiger partial charge in [-0.15, -0.1) is 11.3 Å². The molecule has 14 heavy (non-hydrogen) atoms. The average molecular weight is 208 g/mol. The molecular weight excluding hydrogens is 200 g/mol. The molecular formula is C8H8N4OS. The molecule has 0 bridgehead atoms. The number of nitrogen functional groups attached to an aromatic ring is 1. The van der Waals surface area contributed by atoms with Crippen LogP contribution in [0.4, 0.5) is 5.69 Å². The normalized spacial score (nSPS) is 10.3. The average Bonchev–Trinajstić information content (AvgIpc) is 2.75. The van der Waals surface area contributed by atoms with Crippen LogP contribution < -0.4 is 5.73 Å². The summed E-state index contributed by atoms with van der Waals surface area (Å²) in [5.74, 6) is -0.00407. The molecule has 72 valence electrons. The Morgan fingerprint density at radius 3 is 3.00 bits per heavy atom. The highest BCUT2D eigenvalue weighted by molar-refractivity contribution is 7.11. The lowest BCUT2D eigenvalue weighted by Gasteiger charge is -1.96. The summed E-state index contributed by atoms with van der Waals surface area (Å²) in [6.07, 6.45) is 4.69. The molecule has 0 unspecified atom stereocenters. The van der Waals surface area contributed by atoms with Crippen molar-refractivity contribution in [3.05, 3.63) is 29.0 Å². The third kappa shape index (κ3) is 1.80. The molecule has 0 aliphatic heterocycles. The lowest BCUT2D eigenvalue weighted by Crippen LogP contribution is -2.09. The van der Waals surface area contributed by atoms with Crippen LogP contribution in [0, 0.1) is 0 Å². The van der Waals surface area contributed by atoms with E-state index in [9.17, 15) is 4.79 Å². The van der Waals surface area contributed by atoms with E-state index in [4.69, 9.17) is 5.73 Å². The van der Waals surface area contributed by atoms with Crippen LogP contribution in [0.3, 0.4) is 0 Å². The topological polar surface area (TPSA) is 73.8 Å². The summed E-state index contributed by atoms with van der Waals surface area (Å²) < 4.78 is 1.51. The molecule has 0 spiro atoms. The van der Waals surface area contributed by atoms with Crippen LogP contribution in [0.5, 0.6) is 0 Å². The molecule has 0 aromatic carbocycles. The zero-order valence-electron chi connectivity index (χ0n) is 7.25. The number of hydrogen-bond donors (Lipinski definition) is 1. The fourth-order valence-corrected chi connectivity index (χ4v) is 1.60. The maximum Gasteiger partial charge on any atom is 0.195 e. The molecule has 6 heteroatoms. The van der Waals surface area contributed by atoms with Gasteiger partial charge in [-0.2, -0.15) is 5.10 Å². The minimum atomic E-state index is -0.00407. The summed E-state index contributed by atoms with van der Waals surface area (Å²) in [4.78, 5) is 16.0. The maximum absolute atomic E-state index is 11.6. The van der Waals surface area contributed by atoms with Gasteiger partial charge in [-0.25, -0.2) is 0 Å². The van der Waals surface area contributed by atoms with Crippen LogP contribution in [-0.4, -0.2) is 20.5 Å². The van der Waals surface area contributed by atoms with Gasteiger partial charge in [-0.3, -0.25) is 14.5 Å². The first-order valence-corrected chi connectivity index (χ1v) is 4.83. The van der Waals surface area contributed by atoms with Gasteiger partial charge in [-0.05, 0) is 0 Å². The van der Waals surface area contributed by atoms with E-state index in [0.29, 0.717) is 10.6 Å². The predicted molar refractivity (Wildman–Crippen MR) is 53.1 cm³/mol. The molecule has 0 amide bonds. The third-order valence-electron chi connectivity index (χ3n) is 1.67. The number of Topliss-reactive ketones (excluding diaryl/α,β-unsaturated/α-hetero) is 1. The molecule has 2 rings (SSSR count). The summed E-state index contributed by atoms with van der Waals surface area (Å²) >= 11 is 1.32. The van der Waals surface area contributed by atoms with Crippen LogP contribution in [0.1, 0.15) is 9.67 Å². The maximum atomic E-state index is 11.6. The highest BCUT2D eigenvalue weighted by Gasteiger charge is 2.08. The largest absolute Gasteiger partial charge is 0.396 e. The van der Waals surface area contributed by atoms with E-state index < -0.39 is 0 Å². The fourth-order valence-electron chi connectivity index (χ4n) is 1.04. The van der Waals surface area contributed by atoms with Crippen LogP contribution >= 0.6 is 11.3 Å². The zero-order valence-corrected chi connectivity index (χ0v) is 8.07. The van der Waals surface area contributed by atoms with Gasteiger partial charge in [0, 0.05) is 12.4 Å². The minimum absolute atomic E-state index is 0.00407. The number of rotatable bonds is 3. The van der Waals surface area contributed by atoms with E-state index >= 15 is 0 Å². The zero-order chi connectivity index (χ0) is 9.97. The number of nitrogens with zero attached hydrogens (tertiary/aromatic N) is 3. The van der Waals surface area contributed by atoms with Gasteiger partial charge in [0.15, 0.2) is 5.78 Å². The molecule has 2 aromatic heterocycles. The summed E-state index contributed by atoms with van der Waals surface area (Å²) in [5, 5.41) is 3.92. The number of aromatic nitrogens is 3. The van der Waals surface area contributed by atoms with Crippen molar-refractivity contribution < 1.29 is 4.79 Å². The van der Waals surface area contributed by atoms with Crippen molar-refractivity contribution in [1.82, 2.24) is 14.8 Å². The monoisotopic (exact) mass is 208 g/mol. The van der Waals surface area contributed by atoms with E-state index in [0.717, 1.165) is 0 Å². The van der Waals surface area contributed by atoms with Crippen LogP contribution in [-0.2, 0) is 6.54 Å². The Morgan fingerprint density at radius 2 is 2.43 bits per heavy atom. The fraction of sp³-hybridized carbons (Fsp3) is 0.125. The van der Waals surface area contributed by atoms with Crippen LogP contribution in [0.15, 0.2) is 24.1 Å². The van der Waals surface area contributed by atoms with Gasteiger partial charge < -0.3 is 5.73 Å². The highest BCUT2D eigenvalue weighted by atomic mass is 32.1. The standard InChI is InChI=1S/C8H8N4OS/c9-6-1-11-12(3-6)4-7(13)8-2-10-5-14-8/h1-3,5H,4,9H2. The second kappa shape index (κ2) is 3.59. The Labute approximate surface area is 84.2 Å². The Hall–Kier alpha value is -1.69. The molecule has 0 radical (unpaired) electrons. The Bertz CT molecular complexity index is 434. The molecule has 2 N–H and O–H groups in total. The van der Waals surface area contributed by atoms with Gasteiger partial charge in [-0.1, -0.05) is 0 Å². The van der Waals surface area contributed by atoms with E-state index in [-0.39, 0.29) is 12.3 Å². The summed E-state index contributed by atoms with van der Waals surface area (Å²) in [7, 11) is 0. The predicted octanol–water partition coefficient (Wildman–Crippen LogP) is 0.805. The molecule has 2 heterocycles. The second-order valence-corrected chi connectivity index (χ2v) is 3.65. The molecule has 2 aromatic rings. The number of nitrogens with two attached hydrogens (primary N) is 1. The lowest BCUT2D eigenvalue weighted by atomic mass is 10.3. The first-order valence-electron chi connectivity index (χ1n) is 3.95. The number of hydrogen-bond acceptors (Lipinski definition) is 5. The van der Waals surface area contributed by atoms with E-state index in [2.05, 4.69) is 10.1 Å². The minimum Gasteiger partial charge on any atom is -0.396 e. The van der Waals surface area contributed by atoms with Gasteiger partial charge in [0.05, 0.1) is 22.3 Å². The summed E-state index contributed by atoms with van der Waals surface area (Å²) in [6.45, 7) is 0.208. The van der Waals surface area contributed by atoms with Gasteiger partial charge in [0.1, 0.15) is 6.54 Å². The number of anilines is 1. The molecule has 0 fully saturated rings. The second-order valence-electron chi connectivity index (χ2n) is 2.76. The Kier molecular flexibility index (Phi) is 2.28. The van der Waals surface area contributed by atoms with E-state index in [1.165, 1.54) is 22.2 Å². The quantitative estimate of drug-likeness (QED) is 0.757. The molecule has 0 aliphatic carbocycles. The van der Waals surface area contributed by atoms with Gasteiger partial charge in [0.2, 0.25) is 0 Å². The van der Waals surface area contributed by atoms with Gasteiger partial charge in [0.25, 0.3) is 0 Å². The van der Waals surface area contributed by atoms with Crippen molar-refractivity contribution >= 4 is 22.8 Å². The highest BCUT2D eigenvalue weighted by Crippen LogP contribution is 2.08. The van der Waals surface area contributed by atoms with Crippen LogP contribution in [0.25, 0.3) is 0 Å². The molecule has 0 atom stereocenters. The van der Waals surface area contributed by atoms with Crippen molar-refractivity contribution in [3.8, 4) is 0 Å². The number of carbonyl (C=O) groups is 1. The van der Waals surface area contributed by atoms with E-state index in [1.807, 2.05) is 0 Å². The Balaban J connectivity index is 2.09. The lowest BCUT2D eigenvalue weighted by molar-refractivity contribution is 0.0971. The molecule has 0 aliphatic rings. The molecule has 5 nitrogen and oxygen atoms in total. The van der Waals surface area contributed by atoms with Crippen LogP contribution in [0.2, 0.25) is 0 Å². The Morgan fingerprint density at radius 1 is 1.57 bits per heavy atom. The molecule has 0 saturated heterocycles. The van der Waals surface area contributed by atoms with Crippen molar-refractivity contribution in [2.24, 2.45) is 0 Å². The number of thiazole rings is 1. The van der Waals surface area contributed by atoms with Gasteiger partial charge >= 0.3 is 0 Å². The smallest absolute Gasteiger partial charge is 0.195 e. The van der Waals surface area contributed by atoms with E-state index in [1.54, 1.807) is 17.9 Å². The van der Waals surface area contributed by atoms with Crippen molar-refractivity contribution in [2.75, 3.05) is 5.73 Å². The van der Waals surface area contributed by atoms with Crippen molar-refractivity contribution in [1.29, 1.82) is 0 Å². The number of ketones is 1. The third-order valence-corrected chi connectivity index (χ3v) is 2.48. The summed E-state index contributed by atoms with van der Waals surface area (Å²) in [6, 6.07) is 0. The SMILES string of the molecule is Nc1cnn(CC(=O)c2cncs2)c1. The number of carbonyl (C=O) groups excluding carboxylic acids is 1. The first kappa shape index (κ1) is 8.89.